The number of ether oxygens (including phenoxy) is 1. The number of aryl methyl sites for hydroxylation is 1. The van der Waals surface area contributed by atoms with Crippen molar-refractivity contribution in [3.8, 4) is 5.75 Å². The summed E-state index contributed by atoms with van der Waals surface area (Å²) in [6.45, 7) is 1.92. The van der Waals surface area contributed by atoms with Crippen LogP contribution < -0.4 is 10.5 Å². The largest absolute Gasteiger partial charge is 0.496 e. The number of benzene rings is 1. The maximum atomic E-state index is 11.0. The van der Waals surface area contributed by atoms with Gasteiger partial charge in [-0.25, -0.2) is 0 Å². The molecule has 82 valence electrons. The highest BCUT2D eigenvalue weighted by Crippen LogP contribution is 2.29. The zero-order valence-corrected chi connectivity index (χ0v) is 8.86. The van der Waals surface area contributed by atoms with E-state index < -0.39 is 11.9 Å². The summed E-state index contributed by atoms with van der Waals surface area (Å²) in [4.78, 5) is 11.0. The first-order chi connectivity index (χ1) is 7.11. The quantitative estimate of drug-likeness (QED) is 0.779. The molecule has 15 heavy (non-hydrogen) atoms. The number of aliphatic carboxylic acids is 1. The molecule has 0 heterocycles. The Morgan fingerprint density at radius 2 is 2.27 bits per heavy atom. The Morgan fingerprint density at radius 3 is 2.73 bits per heavy atom. The number of hydrogen-bond acceptors (Lipinski definition) is 3. The summed E-state index contributed by atoms with van der Waals surface area (Å²) in [7, 11) is 1.52. The number of nitrogens with two attached hydrogens (primary N) is 1. The van der Waals surface area contributed by atoms with Crippen LogP contribution in [0.1, 0.15) is 17.0 Å². The van der Waals surface area contributed by atoms with Gasteiger partial charge >= 0.3 is 5.97 Å². The summed E-state index contributed by atoms with van der Waals surface area (Å²) in [6, 6.07) is 5.42. The van der Waals surface area contributed by atoms with E-state index in [1.54, 1.807) is 6.07 Å². The van der Waals surface area contributed by atoms with Crippen molar-refractivity contribution in [2.75, 3.05) is 13.7 Å². The van der Waals surface area contributed by atoms with Gasteiger partial charge in [0, 0.05) is 12.1 Å². The average molecular weight is 209 g/mol. The topological polar surface area (TPSA) is 72.5 Å². The van der Waals surface area contributed by atoms with Crippen molar-refractivity contribution in [1.29, 1.82) is 0 Å². The van der Waals surface area contributed by atoms with Gasteiger partial charge in [-0.15, -0.1) is 0 Å². The first kappa shape index (κ1) is 11.5. The second-order valence-corrected chi connectivity index (χ2v) is 3.32. The van der Waals surface area contributed by atoms with E-state index in [9.17, 15) is 4.79 Å². The zero-order chi connectivity index (χ0) is 11.4. The van der Waals surface area contributed by atoms with Crippen LogP contribution in [-0.2, 0) is 4.79 Å². The standard InChI is InChI=1S/C11H15NO3/c1-7-4-3-5-9(15-2)10(7)8(6-12)11(13)14/h3-5,8H,6,12H2,1-2H3,(H,13,14). The maximum absolute atomic E-state index is 11.0. The van der Waals surface area contributed by atoms with E-state index in [0.717, 1.165) is 5.56 Å². The Bertz CT molecular complexity index is 363. The Kier molecular flexibility index (Phi) is 3.68. The lowest BCUT2D eigenvalue weighted by Crippen LogP contribution is -2.22. The van der Waals surface area contributed by atoms with Crippen LogP contribution in [0.4, 0.5) is 0 Å². The minimum atomic E-state index is -0.926. The van der Waals surface area contributed by atoms with Gasteiger partial charge in [0.05, 0.1) is 13.0 Å². The van der Waals surface area contributed by atoms with Crippen LogP contribution in [0.5, 0.6) is 5.75 Å². The Morgan fingerprint density at radius 1 is 1.60 bits per heavy atom. The van der Waals surface area contributed by atoms with Gasteiger partial charge in [0.1, 0.15) is 5.75 Å². The molecule has 0 radical (unpaired) electrons. The molecule has 1 rings (SSSR count). The van der Waals surface area contributed by atoms with E-state index in [1.165, 1.54) is 7.11 Å². The minimum absolute atomic E-state index is 0.0660. The first-order valence-electron chi connectivity index (χ1n) is 4.68. The van der Waals surface area contributed by atoms with Gasteiger partial charge in [-0.3, -0.25) is 4.79 Å². The molecule has 4 heteroatoms. The highest BCUT2D eigenvalue weighted by Gasteiger charge is 2.23. The first-order valence-corrected chi connectivity index (χ1v) is 4.68. The Balaban J connectivity index is 3.26. The number of carbonyl (C=O) groups is 1. The molecule has 1 aromatic carbocycles. The summed E-state index contributed by atoms with van der Waals surface area (Å²) in [6.07, 6.45) is 0. The SMILES string of the molecule is COc1cccc(C)c1C(CN)C(=O)O. The molecule has 0 bridgehead atoms. The van der Waals surface area contributed by atoms with Gasteiger partial charge in [-0.2, -0.15) is 0 Å². The summed E-state index contributed by atoms with van der Waals surface area (Å²) in [5.74, 6) is -1.06. The molecular formula is C11H15NO3. The van der Waals surface area contributed by atoms with Crippen molar-refractivity contribution in [1.82, 2.24) is 0 Å². The molecule has 0 aliphatic carbocycles. The molecule has 0 saturated heterocycles. The average Bonchev–Trinajstić information content (AvgIpc) is 2.21. The fourth-order valence-electron chi connectivity index (χ4n) is 1.62. The molecule has 0 spiro atoms. The second-order valence-electron chi connectivity index (χ2n) is 3.32. The maximum Gasteiger partial charge on any atom is 0.312 e. The van der Waals surface area contributed by atoms with Crippen LogP contribution in [0.25, 0.3) is 0 Å². The third kappa shape index (κ3) is 2.27. The zero-order valence-electron chi connectivity index (χ0n) is 8.86. The molecule has 0 aromatic heterocycles. The van der Waals surface area contributed by atoms with Gasteiger partial charge in [0.15, 0.2) is 0 Å². The molecule has 0 fully saturated rings. The summed E-state index contributed by atoms with van der Waals surface area (Å²) < 4.78 is 5.14. The molecule has 3 N–H and O–H groups in total. The summed E-state index contributed by atoms with van der Waals surface area (Å²) in [5.41, 5.74) is 7.01. The predicted octanol–water partition coefficient (Wildman–Crippen LogP) is 1.13. The fourth-order valence-corrected chi connectivity index (χ4v) is 1.62. The third-order valence-electron chi connectivity index (χ3n) is 2.39. The Hall–Kier alpha value is -1.55. The van der Waals surface area contributed by atoms with Crippen LogP contribution in [0.3, 0.4) is 0 Å². The van der Waals surface area contributed by atoms with Crippen LogP contribution in [-0.4, -0.2) is 24.7 Å². The van der Waals surface area contributed by atoms with Crippen LogP contribution in [0.15, 0.2) is 18.2 Å². The van der Waals surface area contributed by atoms with E-state index in [0.29, 0.717) is 11.3 Å². The van der Waals surface area contributed by atoms with Gasteiger partial charge in [0.2, 0.25) is 0 Å². The molecule has 1 atom stereocenters. The van der Waals surface area contributed by atoms with Gasteiger partial charge < -0.3 is 15.6 Å². The normalized spacial score (nSPS) is 12.2. The highest BCUT2D eigenvalue weighted by atomic mass is 16.5. The molecule has 0 amide bonds. The van der Waals surface area contributed by atoms with E-state index in [-0.39, 0.29) is 6.54 Å². The predicted molar refractivity (Wildman–Crippen MR) is 57.2 cm³/mol. The van der Waals surface area contributed by atoms with Crippen molar-refractivity contribution in [3.05, 3.63) is 29.3 Å². The third-order valence-corrected chi connectivity index (χ3v) is 2.39. The number of carboxylic acids is 1. The Labute approximate surface area is 88.7 Å². The molecule has 0 aliphatic heterocycles. The lowest BCUT2D eigenvalue weighted by Gasteiger charge is -2.16. The number of carboxylic acid groups (broad SMARTS) is 1. The van der Waals surface area contributed by atoms with Crippen molar-refractivity contribution in [3.63, 3.8) is 0 Å². The second kappa shape index (κ2) is 4.79. The monoisotopic (exact) mass is 209 g/mol. The van der Waals surface area contributed by atoms with Crippen LogP contribution in [0, 0.1) is 6.92 Å². The van der Waals surface area contributed by atoms with E-state index in [1.807, 2.05) is 19.1 Å². The van der Waals surface area contributed by atoms with E-state index >= 15 is 0 Å². The number of hydrogen-bond donors (Lipinski definition) is 2. The lowest BCUT2D eigenvalue weighted by atomic mass is 9.94. The summed E-state index contributed by atoms with van der Waals surface area (Å²) in [5, 5.41) is 9.04. The molecule has 1 aromatic rings. The van der Waals surface area contributed by atoms with Crippen molar-refractivity contribution in [2.45, 2.75) is 12.8 Å². The van der Waals surface area contributed by atoms with E-state index in [2.05, 4.69) is 0 Å². The summed E-state index contributed by atoms with van der Waals surface area (Å²) >= 11 is 0. The smallest absolute Gasteiger partial charge is 0.312 e. The molecule has 0 aliphatic rings. The number of methoxy groups -OCH3 is 1. The number of rotatable bonds is 4. The lowest BCUT2D eigenvalue weighted by molar-refractivity contribution is -0.138. The highest BCUT2D eigenvalue weighted by molar-refractivity contribution is 5.78. The minimum Gasteiger partial charge on any atom is -0.496 e. The molecule has 0 saturated carbocycles. The van der Waals surface area contributed by atoms with Crippen molar-refractivity contribution < 1.29 is 14.6 Å². The van der Waals surface area contributed by atoms with Gasteiger partial charge in [0.25, 0.3) is 0 Å². The van der Waals surface area contributed by atoms with Gasteiger partial charge in [-0.05, 0) is 18.6 Å². The molecule has 4 nitrogen and oxygen atoms in total. The fraction of sp³-hybridized carbons (Fsp3) is 0.364. The van der Waals surface area contributed by atoms with Crippen molar-refractivity contribution in [2.24, 2.45) is 5.73 Å². The van der Waals surface area contributed by atoms with Crippen LogP contribution in [0.2, 0.25) is 0 Å². The van der Waals surface area contributed by atoms with Gasteiger partial charge in [-0.1, -0.05) is 12.1 Å². The van der Waals surface area contributed by atoms with Crippen molar-refractivity contribution >= 4 is 5.97 Å². The molecule has 1 unspecified atom stereocenters. The van der Waals surface area contributed by atoms with Crippen LogP contribution >= 0.6 is 0 Å². The molecular weight excluding hydrogens is 194 g/mol. The van der Waals surface area contributed by atoms with E-state index in [4.69, 9.17) is 15.6 Å².